The highest BCUT2D eigenvalue weighted by Crippen LogP contribution is 1.99. The van der Waals surface area contributed by atoms with Crippen LogP contribution in [0.5, 0.6) is 0 Å². The predicted molar refractivity (Wildman–Crippen MR) is 40.9 cm³/mol. The zero-order valence-electron chi connectivity index (χ0n) is 6.96. The largest absolute Gasteiger partial charge is 0.371 e. The first kappa shape index (κ1) is 9.63. The van der Waals surface area contributed by atoms with Gasteiger partial charge in [-0.25, -0.2) is 0 Å². The lowest BCUT2D eigenvalue weighted by atomic mass is 10.1. The Morgan fingerprint density at radius 1 is 1.40 bits per heavy atom. The number of hydrogen-bond donors (Lipinski definition) is 0. The van der Waals surface area contributed by atoms with Crippen molar-refractivity contribution in [3.8, 4) is 0 Å². The monoisotopic (exact) mass is 144 g/mol. The van der Waals surface area contributed by atoms with Crippen molar-refractivity contribution in [1.29, 1.82) is 0 Å². The lowest BCUT2D eigenvalue weighted by Gasteiger charge is -2.07. The van der Waals surface area contributed by atoms with Crippen LogP contribution in [0.2, 0.25) is 0 Å². The van der Waals surface area contributed by atoms with E-state index in [4.69, 9.17) is 4.74 Å². The van der Waals surface area contributed by atoms with Crippen LogP contribution in [-0.4, -0.2) is 19.0 Å². The maximum atomic E-state index is 10.1. The molecule has 0 heterocycles. The Hall–Kier alpha value is -0.370. The summed E-state index contributed by atoms with van der Waals surface area (Å²) in [6.45, 7) is 6.72. The van der Waals surface area contributed by atoms with E-state index >= 15 is 0 Å². The summed E-state index contributed by atoms with van der Waals surface area (Å²) in [7, 11) is 0. The fourth-order valence-electron chi connectivity index (χ4n) is 0.529. The summed E-state index contributed by atoms with van der Waals surface area (Å²) in [6, 6.07) is 0. The van der Waals surface area contributed by atoms with E-state index in [0.717, 1.165) is 12.7 Å². The molecule has 0 amide bonds. The normalized spacial score (nSPS) is 13.6. The Labute approximate surface area is 62.6 Å². The van der Waals surface area contributed by atoms with Crippen LogP contribution >= 0.6 is 0 Å². The average molecular weight is 144 g/mol. The number of aldehydes is 1. The first-order valence-corrected chi connectivity index (χ1v) is 3.73. The molecule has 1 unspecified atom stereocenters. The summed E-state index contributed by atoms with van der Waals surface area (Å²) in [6.07, 6.45) is 1.61. The van der Waals surface area contributed by atoms with E-state index in [-0.39, 0.29) is 6.10 Å². The summed E-state index contributed by atoms with van der Waals surface area (Å²) < 4.78 is 5.13. The van der Waals surface area contributed by atoms with Gasteiger partial charge in [0.15, 0.2) is 0 Å². The molecular formula is C8H16O2. The van der Waals surface area contributed by atoms with Crippen LogP contribution in [-0.2, 0) is 9.53 Å². The van der Waals surface area contributed by atoms with Crippen molar-refractivity contribution >= 4 is 6.29 Å². The lowest BCUT2D eigenvalue weighted by molar-refractivity contribution is -0.117. The van der Waals surface area contributed by atoms with Gasteiger partial charge in [-0.05, 0) is 19.3 Å². The Morgan fingerprint density at radius 2 is 2.00 bits per heavy atom. The third-order valence-corrected chi connectivity index (χ3v) is 1.27. The minimum absolute atomic E-state index is 0.237. The topological polar surface area (TPSA) is 26.3 Å². The van der Waals surface area contributed by atoms with Gasteiger partial charge in [0, 0.05) is 6.61 Å². The molecule has 0 radical (unpaired) electrons. The van der Waals surface area contributed by atoms with Crippen LogP contribution in [0, 0.1) is 5.92 Å². The first-order valence-electron chi connectivity index (χ1n) is 3.73. The molecule has 60 valence electrons. The van der Waals surface area contributed by atoms with Crippen molar-refractivity contribution in [2.24, 2.45) is 5.92 Å². The van der Waals surface area contributed by atoms with Crippen molar-refractivity contribution in [2.75, 3.05) is 6.61 Å². The van der Waals surface area contributed by atoms with Crippen molar-refractivity contribution < 1.29 is 9.53 Å². The van der Waals surface area contributed by atoms with Crippen molar-refractivity contribution in [1.82, 2.24) is 0 Å². The first-order chi connectivity index (χ1) is 4.66. The summed E-state index contributed by atoms with van der Waals surface area (Å²) >= 11 is 0. The van der Waals surface area contributed by atoms with Crippen LogP contribution in [0.1, 0.15) is 27.2 Å². The van der Waals surface area contributed by atoms with Gasteiger partial charge in [0.1, 0.15) is 12.4 Å². The van der Waals surface area contributed by atoms with Gasteiger partial charge in [0.2, 0.25) is 0 Å². The van der Waals surface area contributed by atoms with Gasteiger partial charge in [0.25, 0.3) is 0 Å². The summed E-state index contributed by atoms with van der Waals surface area (Å²) in [5.74, 6) is 0.652. The smallest absolute Gasteiger partial charge is 0.148 e. The van der Waals surface area contributed by atoms with Gasteiger partial charge in [0.05, 0.1) is 0 Å². The molecule has 0 spiro atoms. The van der Waals surface area contributed by atoms with Crippen LogP contribution in [0.15, 0.2) is 0 Å². The van der Waals surface area contributed by atoms with E-state index < -0.39 is 0 Å². The minimum Gasteiger partial charge on any atom is -0.371 e. The summed E-state index contributed by atoms with van der Waals surface area (Å²) in [5.41, 5.74) is 0. The van der Waals surface area contributed by atoms with Crippen molar-refractivity contribution in [2.45, 2.75) is 33.3 Å². The highest BCUT2D eigenvalue weighted by Gasteiger charge is 1.99. The number of rotatable bonds is 5. The van der Waals surface area contributed by atoms with Gasteiger partial charge in [-0.2, -0.15) is 0 Å². The molecule has 0 aliphatic heterocycles. The molecule has 1 atom stereocenters. The maximum Gasteiger partial charge on any atom is 0.148 e. The van der Waals surface area contributed by atoms with Crippen LogP contribution in [0.4, 0.5) is 0 Å². The molecule has 0 saturated carbocycles. The second-order valence-corrected chi connectivity index (χ2v) is 2.89. The Morgan fingerprint density at radius 3 is 2.40 bits per heavy atom. The maximum absolute atomic E-state index is 10.1. The zero-order chi connectivity index (χ0) is 7.98. The molecule has 0 bridgehead atoms. The molecular weight excluding hydrogens is 128 g/mol. The summed E-state index contributed by atoms with van der Waals surface area (Å²) in [5, 5.41) is 0. The van der Waals surface area contributed by atoms with Gasteiger partial charge in [-0.1, -0.05) is 13.8 Å². The van der Waals surface area contributed by atoms with Gasteiger partial charge in [-0.15, -0.1) is 0 Å². The number of carbonyl (C=O) groups is 1. The number of ether oxygens (including phenoxy) is 1. The van der Waals surface area contributed by atoms with Crippen LogP contribution in [0.25, 0.3) is 0 Å². The average Bonchev–Trinajstić information content (AvgIpc) is 1.87. The van der Waals surface area contributed by atoms with Gasteiger partial charge >= 0.3 is 0 Å². The molecule has 0 rings (SSSR count). The molecule has 10 heavy (non-hydrogen) atoms. The standard InChI is InChI=1S/C8H16O2/c1-7(2)4-5-10-8(3)6-9/h6-8H,4-5H2,1-3H3. The molecule has 0 aromatic carbocycles. The van der Waals surface area contributed by atoms with Gasteiger partial charge < -0.3 is 9.53 Å². The fraction of sp³-hybridized carbons (Fsp3) is 0.875. The minimum atomic E-state index is -0.237. The molecule has 0 fully saturated rings. The predicted octanol–water partition coefficient (Wildman–Crippen LogP) is 1.64. The molecule has 0 aromatic heterocycles. The Kier molecular flexibility index (Phi) is 5.22. The quantitative estimate of drug-likeness (QED) is 0.548. The third-order valence-electron chi connectivity index (χ3n) is 1.27. The van der Waals surface area contributed by atoms with E-state index in [9.17, 15) is 4.79 Å². The Bertz CT molecular complexity index is 89.3. The Balaban J connectivity index is 3.11. The van der Waals surface area contributed by atoms with E-state index in [1.807, 2.05) is 0 Å². The fourth-order valence-corrected chi connectivity index (χ4v) is 0.529. The SMILES string of the molecule is CC(C)CCOC(C)C=O. The van der Waals surface area contributed by atoms with E-state index in [1.54, 1.807) is 6.92 Å². The lowest BCUT2D eigenvalue weighted by Crippen LogP contribution is -2.11. The van der Waals surface area contributed by atoms with Crippen molar-refractivity contribution in [3.63, 3.8) is 0 Å². The number of carbonyl (C=O) groups excluding carboxylic acids is 1. The van der Waals surface area contributed by atoms with Crippen LogP contribution < -0.4 is 0 Å². The molecule has 0 aliphatic carbocycles. The highest BCUT2D eigenvalue weighted by atomic mass is 16.5. The third kappa shape index (κ3) is 5.76. The molecule has 0 aliphatic rings. The number of hydrogen-bond acceptors (Lipinski definition) is 2. The second kappa shape index (κ2) is 5.42. The molecule has 0 saturated heterocycles. The molecule has 0 aromatic rings. The van der Waals surface area contributed by atoms with Gasteiger partial charge in [-0.3, -0.25) is 0 Å². The highest BCUT2D eigenvalue weighted by molar-refractivity contribution is 5.54. The van der Waals surface area contributed by atoms with Crippen molar-refractivity contribution in [3.05, 3.63) is 0 Å². The van der Waals surface area contributed by atoms with E-state index in [0.29, 0.717) is 12.5 Å². The summed E-state index contributed by atoms with van der Waals surface area (Å²) in [4.78, 5) is 10.1. The second-order valence-electron chi connectivity index (χ2n) is 2.89. The zero-order valence-corrected chi connectivity index (χ0v) is 6.96. The van der Waals surface area contributed by atoms with E-state index in [1.165, 1.54) is 0 Å². The van der Waals surface area contributed by atoms with E-state index in [2.05, 4.69) is 13.8 Å². The molecule has 0 N–H and O–H groups in total. The molecule has 2 heteroatoms. The molecule has 2 nitrogen and oxygen atoms in total. The van der Waals surface area contributed by atoms with Crippen LogP contribution in [0.3, 0.4) is 0 Å².